The molecule has 0 spiro atoms. The van der Waals surface area contributed by atoms with Crippen LogP contribution in [0.25, 0.3) is 0 Å². The molecule has 2 fully saturated rings. The van der Waals surface area contributed by atoms with Crippen LogP contribution in [-0.4, -0.2) is 63.4 Å². The number of sulfone groups is 1. The highest BCUT2D eigenvalue weighted by Gasteiger charge is 2.44. The van der Waals surface area contributed by atoms with E-state index < -0.39 is 48.4 Å². The first kappa shape index (κ1) is 26.9. The number of benzene rings is 2. The molecule has 196 valence electrons. The van der Waals surface area contributed by atoms with Crippen LogP contribution < -0.4 is 0 Å². The van der Waals surface area contributed by atoms with Crippen LogP contribution in [0.15, 0.2) is 52.3 Å². The Balaban J connectivity index is 1.55. The number of hydrogen-bond acceptors (Lipinski definition) is 5. The quantitative estimate of drug-likeness (QED) is 0.524. The van der Waals surface area contributed by atoms with Crippen molar-refractivity contribution in [2.75, 3.05) is 19.3 Å². The van der Waals surface area contributed by atoms with Gasteiger partial charge in [-0.2, -0.15) is 17.5 Å². The number of sulfonamides is 1. The highest BCUT2D eigenvalue weighted by Crippen LogP contribution is 2.38. The van der Waals surface area contributed by atoms with Crippen molar-refractivity contribution >= 4 is 37.4 Å². The lowest BCUT2D eigenvalue weighted by molar-refractivity contribution is -0.137. The Kier molecular flexibility index (Phi) is 7.19. The van der Waals surface area contributed by atoms with Crippen LogP contribution in [0.1, 0.15) is 41.6 Å². The van der Waals surface area contributed by atoms with Gasteiger partial charge in [0.2, 0.25) is 10.0 Å². The summed E-state index contributed by atoms with van der Waals surface area (Å²) in [6.07, 6.45) is -1.94. The molecule has 1 amide bonds. The minimum Gasteiger partial charge on any atom is -0.338 e. The first-order valence-corrected chi connectivity index (χ1v) is 14.9. The maximum absolute atomic E-state index is 13.4. The van der Waals surface area contributed by atoms with Gasteiger partial charge in [0, 0.05) is 36.5 Å². The molecule has 0 radical (unpaired) electrons. The number of amides is 1. The van der Waals surface area contributed by atoms with Crippen molar-refractivity contribution in [1.82, 2.24) is 9.21 Å². The van der Waals surface area contributed by atoms with Crippen molar-refractivity contribution in [2.45, 2.75) is 53.7 Å². The number of alkyl halides is 3. The number of nitrogens with zero attached hydrogens (tertiary/aromatic N) is 2. The molecule has 1 aliphatic carbocycles. The van der Waals surface area contributed by atoms with E-state index in [0.717, 1.165) is 24.5 Å². The number of likely N-dealkylation sites (tertiary alicyclic amines) is 1. The van der Waals surface area contributed by atoms with E-state index in [0.29, 0.717) is 18.9 Å². The summed E-state index contributed by atoms with van der Waals surface area (Å²) in [5.41, 5.74) is -1.06. The first-order chi connectivity index (χ1) is 16.7. The molecule has 4 rings (SSSR count). The largest absolute Gasteiger partial charge is 0.416 e. The molecule has 0 bridgehead atoms. The van der Waals surface area contributed by atoms with Gasteiger partial charge in [-0.25, -0.2) is 16.8 Å². The van der Waals surface area contributed by atoms with Gasteiger partial charge in [-0.1, -0.05) is 17.7 Å². The second-order valence-corrected chi connectivity index (χ2v) is 13.3. The van der Waals surface area contributed by atoms with Crippen LogP contribution in [0.3, 0.4) is 0 Å². The fourth-order valence-electron chi connectivity index (χ4n) is 4.45. The Hall–Kier alpha value is -2.15. The lowest BCUT2D eigenvalue weighted by atomic mass is 10.0. The van der Waals surface area contributed by atoms with Crippen molar-refractivity contribution < 1.29 is 34.8 Å². The SMILES string of the molecule is CS(=O)(=O)c1cc(Cl)ccc1C(=O)N1CCC(N(C2CC2)S(=O)(=O)c2cccc(C(F)(F)F)c2)CC1. The first-order valence-electron chi connectivity index (χ1n) is 11.2. The number of piperidine rings is 1. The predicted molar refractivity (Wildman–Crippen MR) is 127 cm³/mol. The monoisotopic (exact) mass is 564 g/mol. The zero-order valence-corrected chi connectivity index (χ0v) is 21.6. The van der Waals surface area contributed by atoms with Crippen molar-refractivity contribution in [3.05, 3.63) is 58.6 Å². The molecule has 13 heteroatoms. The Morgan fingerprint density at radius 1 is 0.972 bits per heavy atom. The lowest BCUT2D eigenvalue weighted by Gasteiger charge is -2.38. The van der Waals surface area contributed by atoms with E-state index in [1.165, 1.54) is 27.4 Å². The molecule has 0 atom stereocenters. The third-order valence-corrected chi connectivity index (χ3v) is 9.70. The van der Waals surface area contributed by atoms with Crippen molar-refractivity contribution in [3.63, 3.8) is 0 Å². The van der Waals surface area contributed by atoms with Gasteiger partial charge < -0.3 is 4.90 Å². The smallest absolute Gasteiger partial charge is 0.338 e. The van der Waals surface area contributed by atoms with Gasteiger partial charge in [-0.3, -0.25) is 4.79 Å². The van der Waals surface area contributed by atoms with E-state index in [4.69, 9.17) is 11.6 Å². The molecule has 0 N–H and O–H groups in total. The molecule has 1 aliphatic heterocycles. The van der Waals surface area contributed by atoms with Crippen molar-refractivity contribution in [2.24, 2.45) is 0 Å². The summed E-state index contributed by atoms with van der Waals surface area (Å²) >= 11 is 5.92. The summed E-state index contributed by atoms with van der Waals surface area (Å²) in [6, 6.07) is 6.90. The van der Waals surface area contributed by atoms with Crippen LogP contribution in [0.4, 0.5) is 13.2 Å². The Labute approximate surface area is 212 Å². The van der Waals surface area contributed by atoms with E-state index >= 15 is 0 Å². The van der Waals surface area contributed by atoms with Crippen molar-refractivity contribution in [1.29, 1.82) is 0 Å². The summed E-state index contributed by atoms with van der Waals surface area (Å²) in [6.45, 7) is 0.327. The Morgan fingerprint density at radius 3 is 2.14 bits per heavy atom. The maximum Gasteiger partial charge on any atom is 0.416 e. The molecule has 1 saturated heterocycles. The number of carbonyl (C=O) groups is 1. The molecular weight excluding hydrogens is 541 g/mol. The van der Waals surface area contributed by atoms with Gasteiger partial charge in [0.1, 0.15) is 0 Å². The Morgan fingerprint density at radius 2 is 1.58 bits per heavy atom. The number of halogens is 4. The summed E-state index contributed by atoms with van der Waals surface area (Å²) in [4.78, 5) is 14.0. The number of rotatable bonds is 6. The molecule has 2 aromatic rings. The maximum atomic E-state index is 13.4. The van der Waals surface area contributed by atoms with Crippen LogP contribution in [0.5, 0.6) is 0 Å². The minimum atomic E-state index is -4.67. The average Bonchev–Trinajstić information content (AvgIpc) is 3.63. The van der Waals surface area contributed by atoms with Crippen LogP contribution in [-0.2, 0) is 26.0 Å². The molecule has 1 heterocycles. The fraction of sp³-hybridized carbons (Fsp3) is 0.435. The van der Waals surface area contributed by atoms with E-state index in [-0.39, 0.29) is 47.5 Å². The van der Waals surface area contributed by atoms with Crippen LogP contribution in [0.2, 0.25) is 5.02 Å². The highest BCUT2D eigenvalue weighted by molar-refractivity contribution is 7.90. The standard InChI is InChI=1S/C23H24ClF3N2O5S2/c1-35(31,32)21-14-16(24)5-8-20(21)22(30)28-11-9-18(10-12-28)29(17-6-7-17)36(33,34)19-4-2-3-15(13-19)23(25,26)27/h2-5,8,13-14,17-18H,6-7,9-12H2,1H3. The fourth-order valence-corrected chi connectivity index (χ4v) is 7.56. The molecular formula is C23H24ClF3N2O5S2. The summed E-state index contributed by atoms with van der Waals surface area (Å²) < 4.78 is 92.0. The second kappa shape index (κ2) is 9.62. The van der Waals surface area contributed by atoms with Gasteiger partial charge in [0.15, 0.2) is 9.84 Å². The number of hydrogen-bond donors (Lipinski definition) is 0. The van der Waals surface area contributed by atoms with Gasteiger partial charge >= 0.3 is 6.18 Å². The summed E-state index contributed by atoms with van der Waals surface area (Å²) in [5.74, 6) is -0.510. The zero-order chi connectivity index (χ0) is 26.5. The van der Waals surface area contributed by atoms with E-state index in [9.17, 15) is 34.8 Å². The minimum absolute atomic E-state index is 0.0176. The predicted octanol–water partition coefficient (Wildman–Crippen LogP) is 4.22. The number of carbonyl (C=O) groups excluding carboxylic acids is 1. The molecule has 7 nitrogen and oxygen atoms in total. The lowest BCUT2D eigenvalue weighted by Crippen LogP contribution is -2.49. The van der Waals surface area contributed by atoms with Crippen LogP contribution >= 0.6 is 11.6 Å². The highest BCUT2D eigenvalue weighted by atomic mass is 35.5. The van der Waals surface area contributed by atoms with Gasteiger partial charge in [0.05, 0.1) is 20.9 Å². The van der Waals surface area contributed by atoms with E-state index in [1.807, 2.05) is 0 Å². The van der Waals surface area contributed by atoms with E-state index in [2.05, 4.69) is 0 Å². The normalized spacial score (nSPS) is 18.0. The topological polar surface area (TPSA) is 91.8 Å². The molecule has 2 aliphatic rings. The molecule has 1 saturated carbocycles. The molecule has 2 aromatic carbocycles. The zero-order valence-electron chi connectivity index (χ0n) is 19.2. The van der Waals surface area contributed by atoms with Gasteiger partial charge in [-0.05, 0) is 62.1 Å². The van der Waals surface area contributed by atoms with Crippen LogP contribution in [0, 0.1) is 0 Å². The second-order valence-electron chi connectivity index (χ2n) is 9.03. The molecule has 0 unspecified atom stereocenters. The van der Waals surface area contributed by atoms with Crippen molar-refractivity contribution in [3.8, 4) is 0 Å². The molecule has 36 heavy (non-hydrogen) atoms. The Bertz CT molecular complexity index is 1380. The summed E-state index contributed by atoms with van der Waals surface area (Å²) in [5, 5.41) is 0.172. The third kappa shape index (κ3) is 5.56. The van der Waals surface area contributed by atoms with Gasteiger partial charge in [-0.15, -0.1) is 0 Å². The van der Waals surface area contributed by atoms with Gasteiger partial charge in [0.25, 0.3) is 5.91 Å². The molecule has 0 aromatic heterocycles. The average molecular weight is 565 g/mol. The van der Waals surface area contributed by atoms with E-state index in [1.54, 1.807) is 0 Å². The summed E-state index contributed by atoms with van der Waals surface area (Å²) in [7, 11) is -7.94. The third-order valence-electron chi connectivity index (χ3n) is 6.33.